The maximum Gasteiger partial charge on any atom is 0.255 e. The van der Waals surface area contributed by atoms with Gasteiger partial charge in [0.2, 0.25) is 10.0 Å². The topological polar surface area (TPSA) is 89.3 Å². The zero-order valence-corrected chi connectivity index (χ0v) is 12.4. The molecular formula is C15H16N2O3S. The van der Waals surface area contributed by atoms with Gasteiger partial charge in [0.15, 0.2) is 0 Å². The molecule has 0 heterocycles. The first kappa shape index (κ1) is 15.2. The van der Waals surface area contributed by atoms with Crippen molar-refractivity contribution in [3.63, 3.8) is 0 Å². The molecule has 0 fully saturated rings. The molecule has 0 radical (unpaired) electrons. The Morgan fingerprint density at radius 3 is 2.38 bits per heavy atom. The van der Waals surface area contributed by atoms with E-state index in [4.69, 9.17) is 5.14 Å². The number of hydrogen-bond acceptors (Lipinski definition) is 3. The van der Waals surface area contributed by atoms with E-state index in [1.54, 1.807) is 24.3 Å². The number of nitrogens with two attached hydrogens (primary N) is 1. The van der Waals surface area contributed by atoms with Gasteiger partial charge >= 0.3 is 0 Å². The molecule has 0 spiro atoms. The monoisotopic (exact) mass is 304 g/mol. The summed E-state index contributed by atoms with van der Waals surface area (Å²) in [5, 5.41) is 7.76. The Hall–Kier alpha value is -2.18. The highest BCUT2D eigenvalue weighted by molar-refractivity contribution is 7.89. The number of amides is 1. The summed E-state index contributed by atoms with van der Waals surface area (Å²) in [6.07, 6.45) is 0.709. The Morgan fingerprint density at radius 2 is 1.71 bits per heavy atom. The molecule has 1 amide bonds. The molecule has 0 saturated heterocycles. The third-order valence-corrected chi connectivity index (χ3v) is 4.05. The Morgan fingerprint density at radius 1 is 1.10 bits per heavy atom. The second-order valence-electron chi connectivity index (χ2n) is 4.51. The van der Waals surface area contributed by atoms with Crippen molar-refractivity contribution in [2.75, 3.05) is 5.32 Å². The van der Waals surface area contributed by atoms with Crippen LogP contribution in [0, 0.1) is 0 Å². The van der Waals surface area contributed by atoms with Gasteiger partial charge in [-0.25, -0.2) is 13.6 Å². The summed E-state index contributed by atoms with van der Waals surface area (Å²) < 4.78 is 23.0. The highest BCUT2D eigenvalue weighted by Crippen LogP contribution is 2.21. The Kier molecular flexibility index (Phi) is 4.40. The summed E-state index contributed by atoms with van der Waals surface area (Å²) in [7, 11) is -3.89. The van der Waals surface area contributed by atoms with Gasteiger partial charge < -0.3 is 5.32 Å². The highest BCUT2D eigenvalue weighted by Gasteiger charge is 2.16. The molecule has 2 aromatic carbocycles. The standard InChI is InChI=1S/C15H16N2O3S/c1-2-11-7-3-4-8-12(11)15(18)17-13-9-5-6-10-14(13)21(16,19)20/h3-10H,2H2,1H3,(H,17,18)(H2,16,19,20). The maximum atomic E-state index is 12.3. The van der Waals surface area contributed by atoms with Crippen LogP contribution in [-0.4, -0.2) is 14.3 Å². The van der Waals surface area contributed by atoms with E-state index in [0.29, 0.717) is 12.0 Å². The van der Waals surface area contributed by atoms with E-state index in [1.807, 2.05) is 19.1 Å². The predicted octanol–water partition coefficient (Wildman–Crippen LogP) is 2.15. The van der Waals surface area contributed by atoms with Gasteiger partial charge in [-0.15, -0.1) is 0 Å². The number of carbonyl (C=O) groups excluding carboxylic acids is 1. The summed E-state index contributed by atoms with van der Waals surface area (Å²) in [4.78, 5) is 12.2. The number of aryl methyl sites for hydroxylation is 1. The van der Waals surface area contributed by atoms with Gasteiger partial charge in [0.1, 0.15) is 4.90 Å². The smallest absolute Gasteiger partial charge is 0.255 e. The van der Waals surface area contributed by atoms with Crippen LogP contribution < -0.4 is 10.5 Å². The number of sulfonamides is 1. The zero-order valence-electron chi connectivity index (χ0n) is 11.5. The number of primary sulfonamides is 1. The predicted molar refractivity (Wildman–Crippen MR) is 81.6 cm³/mol. The molecule has 0 unspecified atom stereocenters. The van der Waals surface area contributed by atoms with Crippen molar-refractivity contribution in [3.8, 4) is 0 Å². The summed E-state index contributed by atoms with van der Waals surface area (Å²) in [5.41, 5.74) is 1.59. The van der Waals surface area contributed by atoms with E-state index >= 15 is 0 Å². The molecule has 6 heteroatoms. The third kappa shape index (κ3) is 3.48. The lowest BCUT2D eigenvalue weighted by Crippen LogP contribution is -2.19. The molecule has 3 N–H and O–H groups in total. The number of hydrogen-bond donors (Lipinski definition) is 2. The first-order valence-electron chi connectivity index (χ1n) is 6.44. The van der Waals surface area contributed by atoms with Gasteiger partial charge in [-0.1, -0.05) is 37.3 Å². The summed E-state index contributed by atoms with van der Waals surface area (Å²) in [6.45, 7) is 1.95. The minimum atomic E-state index is -3.89. The average molecular weight is 304 g/mol. The molecule has 5 nitrogen and oxygen atoms in total. The molecule has 110 valence electrons. The average Bonchev–Trinajstić information content (AvgIpc) is 2.46. The van der Waals surface area contributed by atoms with Crippen molar-refractivity contribution in [1.82, 2.24) is 0 Å². The first-order chi connectivity index (χ1) is 9.93. The van der Waals surface area contributed by atoms with Crippen LogP contribution in [0.15, 0.2) is 53.4 Å². The molecule has 0 aromatic heterocycles. The Labute approximate surface area is 123 Å². The highest BCUT2D eigenvalue weighted by atomic mass is 32.2. The van der Waals surface area contributed by atoms with Crippen LogP contribution in [0.1, 0.15) is 22.8 Å². The van der Waals surface area contributed by atoms with Crippen LogP contribution in [0.4, 0.5) is 5.69 Å². The molecule has 2 aromatic rings. The number of anilines is 1. The van der Waals surface area contributed by atoms with Crippen LogP contribution in [-0.2, 0) is 16.4 Å². The maximum absolute atomic E-state index is 12.3. The molecule has 0 aliphatic carbocycles. The number of nitrogens with one attached hydrogen (secondary N) is 1. The molecule has 0 bridgehead atoms. The molecule has 21 heavy (non-hydrogen) atoms. The molecule has 0 saturated carbocycles. The summed E-state index contributed by atoms with van der Waals surface area (Å²) in [5.74, 6) is -0.358. The van der Waals surface area contributed by atoms with Gasteiger partial charge in [-0.05, 0) is 30.2 Å². The fourth-order valence-electron chi connectivity index (χ4n) is 2.06. The van der Waals surface area contributed by atoms with Crippen molar-refractivity contribution in [1.29, 1.82) is 0 Å². The normalized spacial score (nSPS) is 11.1. The fraction of sp³-hybridized carbons (Fsp3) is 0.133. The number of carbonyl (C=O) groups is 1. The van der Waals surface area contributed by atoms with Crippen LogP contribution in [0.2, 0.25) is 0 Å². The van der Waals surface area contributed by atoms with Crippen molar-refractivity contribution in [2.45, 2.75) is 18.2 Å². The van der Waals surface area contributed by atoms with E-state index in [0.717, 1.165) is 5.56 Å². The van der Waals surface area contributed by atoms with Gasteiger partial charge in [-0.3, -0.25) is 4.79 Å². The van der Waals surface area contributed by atoms with Crippen molar-refractivity contribution in [2.24, 2.45) is 5.14 Å². The fourth-order valence-corrected chi connectivity index (χ4v) is 2.75. The Balaban J connectivity index is 2.37. The largest absolute Gasteiger partial charge is 0.321 e. The molecular weight excluding hydrogens is 288 g/mol. The molecule has 2 rings (SSSR count). The second-order valence-corrected chi connectivity index (χ2v) is 6.04. The van der Waals surface area contributed by atoms with E-state index in [9.17, 15) is 13.2 Å². The van der Waals surface area contributed by atoms with Gasteiger partial charge in [0, 0.05) is 5.56 Å². The molecule has 0 aliphatic rings. The number of benzene rings is 2. The second kappa shape index (κ2) is 6.07. The van der Waals surface area contributed by atoms with E-state index in [1.165, 1.54) is 12.1 Å². The van der Waals surface area contributed by atoms with Crippen molar-refractivity contribution >= 4 is 21.6 Å². The van der Waals surface area contributed by atoms with Crippen LogP contribution in [0.5, 0.6) is 0 Å². The number of rotatable bonds is 4. The van der Waals surface area contributed by atoms with E-state index in [-0.39, 0.29) is 16.5 Å². The minimum absolute atomic E-state index is 0.104. The van der Waals surface area contributed by atoms with E-state index < -0.39 is 10.0 Å². The lowest BCUT2D eigenvalue weighted by molar-refractivity contribution is 0.102. The van der Waals surface area contributed by atoms with Crippen LogP contribution in [0.25, 0.3) is 0 Å². The van der Waals surface area contributed by atoms with Crippen LogP contribution in [0.3, 0.4) is 0 Å². The lowest BCUT2D eigenvalue weighted by Gasteiger charge is -2.11. The summed E-state index contributed by atoms with van der Waals surface area (Å²) in [6, 6.07) is 13.2. The molecule has 0 atom stereocenters. The lowest BCUT2D eigenvalue weighted by atomic mass is 10.0. The minimum Gasteiger partial charge on any atom is -0.321 e. The third-order valence-electron chi connectivity index (χ3n) is 3.08. The first-order valence-corrected chi connectivity index (χ1v) is 7.99. The Bertz CT molecular complexity index is 770. The zero-order chi connectivity index (χ0) is 15.5. The summed E-state index contributed by atoms with van der Waals surface area (Å²) >= 11 is 0. The van der Waals surface area contributed by atoms with Gasteiger partial charge in [0.25, 0.3) is 5.91 Å². The van der Waals surface area contributed by atoms with Crippen molar-refractivity contribution in [3.05, 3.63) is 59.7 Å². The van der Waals surface area contributed by atoms with Gasteiger partial charge in [0.05, 0.1) is 5.69 Å². The van der Waals surface area contributed by atoms with Crippen LogP contribution >= 0.6 is 0 Å². The van der Waals surface area contributed by atoms with Gasteiger partial charge in [-0.2, -0.15) is 0 Å². The van der Waals surface area contributed by atoms with Crippen molar-refractivity contribution < 1.29 is 13.2 Å². The van der Waals surface area contributed by atoms with E-state index in [2.05, 4.69) is 5.32 Å². The number of para-hydroxylation sites is 1. The SMILES string of the molecule is CCc1ccccc1C(=O)Nc1ccccc1S(N)(=O)=O. The quantitative estimate of drug-likeness (QED) is 0.907. The molecule has 0 aliphatic heterocycles.